The van der Waals surface area contributed by atoms with Gasteiger partial charge in [-0.15, -0.1) is 11.3 Å². The number of nitrogens with one attached hydrogen (secondary N) is 1. The molecule has 4 nitrogen and oxygen atoms in total. The molecule has 5 heterocycles. The van der Waals surface area contributed by atoms with Gasteiger partial charge in [0.15, 0.2) is 0 Å². The predicted octanol–water partition coefficient (Wildman–Crippen LogP) is 22.6. The van der Waals surface area contributed by atoms with E-state index < -0.39 is 0 Å². The van der Waals surface area contributed by atoms with E-state index in [0.29, 0.717) is 0 Å². The van der Waals surface area contributed by atoms with Gasteiger partial charge in [-0.2, -0.15) is 0 Å². The molecule has 0 fully saturated rings. The Morgan fingerprint density at radius 1 is 0.265 bits per heavy atom. The molecule has 0 unspecified atom stereocenters. The standard InChI is InChI=1S/C48H29NO2.C30H19NS/c1-2-11-35(39-15-9-16-40-36-12-3-6-17-43(36)49-48(39)40)34(10-1)33-25-31(29-20-22-46-41(27-29)37-13-4-7-18-44(37)50-46)24-32(26-33)30-21-23-47-42(28-30)38-14-5-8-19-45(38)51-47;1-4-13-27-23(10-1)24-11-2-5-14-28(24)31(27)22-9-7-8-20(18-22)21-16-17-30-26(19-21)25-12-3-6-15-29(25)32-30/h1-28,49H;1-19H. The molecule has 1 N–H and O–H groups in total. The second-order valence-corrected chi connectivity index (χ2v) is 22.7. The molecule has 0 aliphatic heterocycles. The molecule has 5 heteroatoms. The molecule has 0 saturated carbocycles. The first-order valence-corrected chi connectivity index (χ1v) is 29.0. The number of H-pyrrole nitrogens is 1. The third-order valence-electron chi connectivity index (χ3n) is 16.8. The largest absolute Gasteiger partial charge is 0.456 e. The first-order chi connectivity index (χ1) is 41.1. The van der Waals surface area contributed by atoms with Crippen molar-refractivity contribution in [2.75, 3.05) is 0 Å². The van der Waals surface area contributed by atoms with E-state index in [2.05, 4.69) is 270 Å². The first-order valence-electron chi connectivity index (χ1n) is 28.2. The lowest BCUT2D eigenvalue weighted by atomic mass is 9.89. The minimum absolute atomic E-state index is 0.894. The van der Waals surface area contributed by atoms with Crippen molar-refractivity contribution in [3.8, 4) is 61.3 Å². The number of thiophene rings is 1. The minimum Gasteiger partial charge on any atom is -0.456 e. The van der Waals surface area contributed by atoms with Crippen LogP contribution in [0.2, 0.25) is 0 Å². The molecular weight excluding hydrogens is 1030 g/mol. The lowest BCUT2D eigenvalue weighted by Gasteiger charge is -2.15. The Labute approximate surface area is 481 Å². The minimum atomic E-state index is 0.894. The summed E-state index contributed by atoms with van der Waals surface area (Å²) in [6.45, 7) is 0. The summed E-state index contributed by atoms with van der Waals surface area (Å²) < 4.78 is 17.5. The van der Waals surface area contributed by atoms with Crippen LogP contribution >= 0.6 is 11.3 Å². The van der Waals surface area contributed by atoms with Gasteiger partial charge in [0.25, 0.3) is 0 Å². The monoisotopic (exact) mass is 1080 g/mol. The fraction of sp³-hybridized carbons (Fsp3) is 0. The van der Waals surface area contributed by atoms with E-state index in [1.165, 1.54) is 86.3 Å². The van der Waals surface area contributed by atoms with E-state index in [1.54, 1.807) is 0 Å². The highest BCUT2D eigenvalue weighted by Crippen LogP contribution is 2.44. The van der Waals surface area contributed by atoms with Crippen LogP contribution < -0.4 is 0 Å². The number of hydrogen-bond acceptors (Lipinski definition) is 3. The summed E-state index contributed by atoms with van der Waals surface area (Å²) in [5.74, 6) is 0. The Balaban J connectivity index is 0.000000146. The van der Waals surface area contributed by atoms with Gasteiger partial charge in [0.1, 0.15) is 22.3 Å². The van der Waals surface area contributed by atoms with Crippen molar-refractivity contribution in [1.82, 2.24) is 9.55 Å². The number of aromatic nitrogens is 2. The Kier molecular flexibility index (Phi) is 10.8. The zero-order valence-electron chi connectivity index (χ0n) is 44.8. The summed E-state index contributed by atoms with van der Waals surface area (Å²) in [6, 6.07) is 102. The van der Waals surface area contributed by atoms with Crippen molar-refractivity contribution in [2.24, 2.45) is 0 Å². The van der Waals surface area contributed by atoms with Gasteiger partial charge >= 0.3 is 0 Å². The van der Waals surface area contributed by atoms with Crippen molar-refractivity contribution < 1.29 is 8.83 Å². The van der Waals surface area contributed by atoms with Gasteiger partial charge in [0.2, 0.25) is 0 Å². The maximum Gasteiger partial charge on any atom is 0.135 e. The number of rotatable bonds is 6. The zero-order chi connectivity index (χ0) is 54.5. The molecule has 0 atom stereocenters. The van der Waals surface area contributed by atoms with Gasteiger partial charge in [-0.25, -0.2) is 0 Å². The summed E-state index contributed by atoms with van der Waals surface area (Å²) >= 11 is 1.87. The van der Waals surface area contributed by atoms with Gasteiger partial charge in [-0.1, -0.05) is 182 Å². The quantitative estimate of drug-likeness (QED) is 0.180. The highest BCUT2D eigenvalue weighted by atomic mass is 32.1. The highest BCUT2D eigenvalue weighted by Gasteiger charge is 2.19. The third-order valence-corrected chi connectivity index (χ3v) is 18.0. The number of aromatic amines is 1. The fourth-order valence-electron chi connectivity index (χ4n) is 12.9. The molecule has 0 radical (unpaired) electrons. The number of para-hydroxylation sites is 6. The van der Waals surface area contributed by atoms with Crippen molar-refractivity contribution in [2.45, 2.75) is 0 Å². The van der Waals surface area contributed by atoms with Crippen LogP contribution in [0.15, 0.2) is 294 Å². The average Bonchev–Trinajstić information content (AvgIpc) is 4.43. The van der Waals surface area contributed by atoms with Crippen LogP contribution in [0.4, 0.5) is 0 Å². The molecule has 13 aromatic carbocycles. The Morgan fingerprint density at radius 2 is 0.735 bits per heavy atom. The number of nitrogens with zero attached hydrogens (tertiary/aromatic N) is 1. The average molecular weight is 1080 g/mol. The molecule has 388 valence electrons. The summed E-state index contributed by atoms with van der Waals surface area (Å²) in [7, 11) is 0. The Morgan fingerprint density at radius 3 is 1.43 bits per heavy atom. The SMILES string of the molecule is c1cc(-c2ccc3sc4ccccc4c3c2)cc(-n2c3ccccc3c3ccccc32)c1.c1ccc(-c2cccc3c2[nH]c2ccccc23)c(-c2cc(-c3ccc4oc5ccccc5c4c3)cc(-c3ccc4oc5ccccc5c4c3)c2)c1. The molecule has 0 bridgehead atoms. The molecule has 0 spiro atoms. The van der Waals surface area contributed by atoms with Crippen LogP contribution in [0.1, 0.15) is 0 Å². The van der Waals surface area contributed by atoms with Gasteiger partial charge < -0.3 is 18.4 Å². The van der Waals surface area contributed by atoms with Crippen LogP contribution in [-0.4, -0.2) is 9.55 Å². The maximum absolute atomic E-state index is 6.21. The van der Waals surface area contributed by atoms with Gasteiger partial charge in [-0.05, 0) is 153 Å². The summed E-state index contributed by atoms with van der Waals surface area (Å²) in [6.07, 6.45) is 0. The summed E-state index contributed by atoms with van der Waals surface area (Å²) in [5, 5.41) is 12.2. The predicted molar refractivity (Wildman–Crippen MR) is 351 cm³/mol. The molecule has 0 amide bonds. The van der Waals surface area contributed by atoms with Gasteiger partial charge in [0.05, 0.1) is 16.6 Å². The Bertz CT molecular complexity index is 5420. The van der Waals surface area contributed by atoms with Crippen LogP contribution in [0.25, 0.3) is 169 Å². The molecule has 18 rings (SSSR count). The molecule has 18 aromatic rings. The number of benzene rings is 13. The van der Waals surface area contributed by atoms with Crippen molar-refractivity contribution in [3.63, 3.8) is 0 Å². The number of furan rings is 2. The molecule has 0 saturated heterocycles. The summed E-state index contributed by atoms with van der Waals surface area (Å²) in [5.41, 5.74) is 21.3. The van der Waals surface area contributed by atoms with Crippen LogP contribution in [0, 0.1) is 0 Å². The zero-order valence-corrected chi connectivity index (χ0v) is 45.6. The van der Waals surface area contributed by atoms with Crippen LogP contribution in [0.3, 0.4) is 0 Å². The second-order valence-electron chi connectivity index (χ2n) is 21.6. The van der Waals surface area contributed by atoms with E-state index in [4.69, 9.17) is 8.83 Å². The van der Waals surface area contributed by atoms with E-state index >= 15 is 0 Å². The van der Waals surface area contributed by atoms with E-state index in [1.807, 2.05) is 35.6 Å². The molecular formula is C78H48N2O2S. The fourth-order valence-corrected chi connectivity index (χ4v) is 14.0. The van der Waals surface area contributed by atoms with E-state index in [-0.39, 0.29) is 0 Å². The van der Waals surface area contributed by atoms with E-state index in [9.17, 15) is 0 Å². The maximum atomic E-state index is 6.21. The molecule has 5 aromatic heterocycles. The molecule has 0 aliphatic rings. The summed E-state index contributed by atoms with van der Waals surface area (Å²) in [4.78, 5) is 3.74. The van der Waals surface area contributed by atoms with Gasteiger partial charge in [-0.3, -0.25) is 0 Å². The van der Waals surface area contributed by atoms with Crippen molar-refractivity contribution in [1.29, 1.82) is 0 Å². The van der Waals surface area contributed by atoms with Crippen molar-refractivity contribution >= 4 is 119 Å². The topological polar surface area (TPSA) is 47.0 Å². The normalized spacial score (nSPS) is 11.9. The molecule has 83 heavy (non-hydrogen) atoms. The number of fused-ring (bicyclic) bond motifs is 15. The molecule has 0 aliphatic carbocycles. The van der Waals surface area contributed by atoms with Crippen LogP contribution in [0.5, 0.6) is 0 Å². The lowest BCUT2D eigenvalue weighted by Crippen LogP contribution is -1.94. The van der Waals surface area contributed by atoms with Crippen molar-refractivity contribution in [3.05, 3.63) is 285 Å². The van der Waals surface area contributed by atoms with E-state index in [0.717, 1.165) is 82.7 Å². The number of hydrogen-bond donors (Lipinski definition) is 1. The smallest absolute Gasteiger partial charge is 0.135 e. The highest BCUT2D eigenvalue weighted by molar-refractivity contribution is 7.25. The second kappa shape index (κ2) is 19.0. The lowest BCUT2D eigenvalue weighted by molar-refractivity contribution is 0.668. The Hall–Kier alpha value is -10.7. The van der Waals surface area contributed by atoms with Gasteiger partial charge in [0, 0.05) is 80.0 Å². The third kappa shape index (κ3) is 7.81. The van der Waals surface area contributed by atoms with Crippen LogP contribution in [-0.2, 0) is 0 Å². The first kappa shape index (κ1) is 47.1.